The SMILES string of the molecule is CCC1(c2ccc3c(c2)OCO3)NC(=O)N(C(C)CN)C1=O. The zero-order valence-corrected chi connectivity index (χ0v) is 12.6. The van der Waals surface area contributed by atoms with Gasteiger partial charge in [-0.1, -0.05) is 13.0 Å². The summed E-state index contributed by atoms with van der Waals surface area (Å²) in [6.07, 6.45) is 0.436. The van der Waals surface area contributed by atoms with Crippen molar-refractivity contribution in [3.05, 3.63) is 23.8 Å². The van der Waals surface area contributed by atoms with Crippen molar-refractivity contribution in [1.29, 1.82) is 0 Å². The summed E-state index contributed by atoms with van der Waals surface area (Å²) in [6.45, 7) is 4.00. The van der Waals surface area contributed by atoms with Crippen LogP contribution in [0.1, 0.15) is 25.8 Å². The molecule has 0 spiro atoms. The third kappa shape index (κ3) is 1.93. The standard InChI is InChI=1S/C15H19N3O4/c1-3-15(10-4-5-11-12(6-10)22-8-21-11)13(19)18(9(2)7-16)14(20)17-15/h4-6,9H,3,7-8,16H2,1-2H3,(H,17,20). The van der Waals surface area contributed by atoms with Gasteiger partial charge in [0.2, 0.25) is 6.79 Å². The van der Waals surface area contributed by atoms with E-state index in [4.69, 9.17) is 15.2 Å². The fraction of sp³-hybridized carbons (Fsp3) is 0.467. The Balaban J connectivity index is 2.03. The van der Waals surface area contributed by atoms with E-state index < -0.39 is 11.6 Å². The highest BCUT2D eigenvalue weighted by molar-refractivity contribution is 6.07. The molecule has 0 radical (unpaired) electrons. The maximum absolute atomic E-state index is 12.9. The lowest BCUT2D eigenvalue weighted by molar-refractivity contribution is -0.133. The first-order chi connectivity index (χ1) is 10.5. The molecule has 0 aliphatic carbocycles. The molecule has 3 rings (SSSR count). The Labute approximate surface area is 128 Å². The van der Waals surface area contributed by atoms with Crippen molar-refractivity contribution in [3.63, 3.8) is 0 Å². The van der Waals surface area contributed by atoms with Crippen molar-refractivity contribution >= 4 is 11.9 Å². The quantitative estimate of drug-likeness (QED) is 0.807. The van der Waals surface area contributed by atoms with E-state index in [9.17, 15) is 9.59 Å². The third-order valence-electron chi connectivity index (χ3n) is 4.30. The van der Waals surface area contributed by atoms with Crippen LogP contribution in [-0.2, 0) is 10.3 Å². The van der Waals surface area contributed by atoms with Crippen molar-refractivity contribution in [2.24, 2.45) is 5.73 Å². The number of imide groups is 1. The predicted octanol–water partition coefficient (Wildman–Crippen LogP) is 0.920. The summed E-state index contributed by atoms with van der Waals surface area (Å²) in [5.41, 5.74) is 5.21. The summed E-state index contributed by atoms with van der Waals surface area (Å²) in [5, 5.41) is 2.83. The van der Waals surface area contributed by atoms with Gasteiger partial charge in [0.05, 0.1) is 6.04 Å². The van der Waals surface area contributed by atoms with Crippen LogP contribution in [0, 0.1) is 0 Å². The number of nitrogens with two attached hydrogens (primary N) is 1. The molecule has 2 unspecified atom stereocenters. The Bertz CT molecular complexity index is 633. The van der Waals surface area contributed by atoms with E-state index in [1.54, 1.807) is 25.1 Å². The first kappa shape index (κ1) is 14.6. The molecule has 1 saturated heterocycles. The Morgan fingerprint density at radius 1 is 1.36 bits per heavy atom. The van der Waals surface area contributed by atoms with Gasteiger partial charge in [-0.3, -0.25) is 9.69 Å². The van der Waals surface area contributed by atoms with E-state index in [2.05, 4.69) is 5.32 Å². The average Bonchev–Trinajstić information content (AvgIpc) is 3.08. The van der Waals surface area contributed by atoms with Crippen LogP contribution < -0.4 is 20.5 Å². The number of amides is 3. The number of carbonyl (C=O) groups excluding carboxylic acids is 2. The first-order valence-electron chi connectivity index (χ1n) is 7.29. The molecule has 1 fully saturated rings. The maximum atomic E-state index is 12.9. The van der Waals surface area contributed by atoms with Gasteiger partial charge in [0.1, 0.15) is 5.54 Å². The number of nitrogens with zero attached hydrogens (tertiary/aromatic N) is 1. The Morgan fingerprint density at radius 3 is 2.77 bits per heavy atom. The van der Waals surface area contributed by atoms with Crippen molar-refractivity contribution in [3.8, 4) is 11.5 Å². The number of carbonyl (C=O) groups is 2. The van der Waals surface area contributed by atoms with Crippen LogP contribution in [-0.4, -0.2) is 36.2 Å². The smallest absolute Gasteiger partial charge is 0.325 e. The Morgan fingerprint density at radius 2 is 2.09 bits per heavy atom. The van der Waals surface area contributed by atoms with Crippen LogP contribution in [0.4, 0.5) is 4.79 Å². The third-order valence-corrected chi connectivity index (χ3v) is 4.30. The van der Waals surface area contributed by atoms with Crippen molar-refractivity contribution < 1.29 is 19.1 Å². The fourth-order valence-electron chi connectivity index (χ4n) is 2.90. The molecule has 7 nitrogen and oxygen atoms in total. The number of hydrogen-bond donors (Lipinski definition) is 2. The molecule has 1 aromatic rings. The first-order valence-corrected chi connectivity index (χ1v) is 7.29. The highest BCUT2D eigenvalue weighted by Gasteiger charge is 2.52. The lowest BCUT2D eigenvalue weighted by Gasteiger charge is -2.27. The molecule has 1 aromatic carbocycles. The van der Waals surface area contributed by atoms with Crippen LogP contribution in [0.25, 0.3) is 0 Å². The van der Waals surface area contributed by atoms with Crippen LogP contribution in [0.5, 0.6) is 11.5 Å². The summed E-state index contributed by atoms with van der Waals surface area (Å²) >= 11 is 0. The second-order valence-corrected chi connectivity index (χ2v) is 5.52. The Kier molecular flexibility index (Phi) is 3.44. The summed E-state index contributed by atoms with van der Waals surface area (Å²) in [7, 11) is 0. The molecule has 0 saturated carbocycles. The molecule has 2 aliphatic rings. The van der Waals surface area contributed by atoms with E-state index in [1.807, 2.05) is 6.92 Å². The molecule has 118 valence electrons. The molecule has 7 heteroatoms. The van der Waals surface area contributed by atoms with Crippen LogP contribution in [0.2, 0.25) is 0 Å². The van der Waals surface area contributed by atoms with E-state index in [0.29, 0.717) is 23.5 Å². The van der Waals surface area contributed by atoms with Gasteiger partial charge in [0, 0.05) is 6.54 Å². The monoisotopic (exact) mass is 305 g/mol. The topological polar surface area (TPSA) is 93.9 Å². The molecule has 0 bridgehead atoms. The van der Waals surface area contributed by atoms with E-state index in [1.165, 1.54) is 4.90 Å². The molecule has 3 amide bonds. The molecule has 0 aromatic heterocycles. The number of benzene rings is 1. The summed E-state index contributed by atoms with van der Waals surface area (Å²) < 4.78 is 10.7. The predicted molar refractivity (Wildman–Crippen MR) is 78.4 cm³/mol. The van der Waals surface area contributed by atoms with Crippen LogP contribution >= 0.6 is 0 Å². The van der Waals surface area contributed by atoms with Gasteiger partial charge in [-0.15, -0.1) is 0 Å². The number of nitrogens with one attached hydrogen (secondary N) is 1. The van der Waals surface area contributed by atoms with Gasteiger partial charge >= 0.3 is 6.03 Å². The normalized spacial score (nSPS) is 24.6. The minimum atomic E-state index is -1.08. The second-order valence-electron chi connectivity index (χ2n) is 5.52. The summed E-state index contributed by atoms with van der Waals surface area (Å²) in [4.78, 5) is 26.3. The minimum absolute atomic E-state index is 0.161. The van der Waals surface area contributed by atoms with Crippen LogP contribution in [0.15, 0.2) is 18.2 Å². The summed E-state index contributed by atoms with van der Waals surface area (Å²) in [5.74, 6) is 0.938. The highest BCUT2D eigenvalue weighted by Crippen LogP contribution is 2.39. The number of hydrogen-bond acceptors (Lipinski definition) is 5. The molecule has 22 heavy (non-hydrogen) atoms. The highest BCUT2D eigenvalue weighted by atomic mass is 16.7. The molecular weight excluding hydrogens is 286 g/mol. The number of rotatable bonds is 4. The average molecular weight is 305 g/mol. The zero-order valence-electron chi connectivity index (χ0n) is 12.6. The van der Waals surface area contributed by atoms with Crippen LogP contribution in [0.3, 0.4) is 0 Å². The summed E-state index contributed by atoms with van der Waals surface area (Å²) in [6, 6.07) is 4.52. The lowest BCUT2D eigenvalue weighted by atomic mass is 9.86. The van der Waals surface area contributed by atoms with Gasteiger partial charge in [-0.2, -0.15) is 0 Å². The Hall–Kier alpha value is -2.28. The van der Waals surface area contributed by atoms with Crippen molar-refractivity contribution in [2.75, 3.05) is 13.3 Å². The van der Waals surface area contributed by atoms with E-state index >= 15 is 0 Å². The fourth-order valence-corrected chi connectivity index (χ4v) is 2.90. The lowest BCUT2D eigenvalue weighted by Crippen LogP contribution is -2.46. The number of fused-ring (bicyclic) bond motifs is 1. The van der Waals surface area contributed by atoms with Gasteiger partial charge in [0.15, 0.2) is 11.5 Å². The van der Waals surface area contributed by atoms with Gasteiger partial charge in [-0.05, 0) is 31.0 Å². The number of ether oxygens (including phenoxy) is 2. The molecule has 2 heterocycles. The van der Waals surface area contributed by atoms with Crippen molar-refractivity contribution in [2.45, 2.75) is 31.8 Å². The van der Waals surface area contributed by atoms with Gasteiger partial charge < -0.3 is 20.5 Å². The van der Waals surface area contributed by atoms with Gasteiger partial charge in [-0.25, -0.2) is 4.79 Å². The van der Waals surface area contributed by atoms with Crippen molar-refractivity contribution in [1.82, 2.24) is 10.2 Å². The van der Waals surface area contributed by atoms with E-state index in [0.717, 1.165) is 0 Å². The zero-order chi connectivity index (χ0) is 15.9. The molecule has 2 atom stereocenters. The van der Waals surface area contributed by atoms with Gasteiger partial charge in [0.25, 0.3) is 5.91 Å². The minimum Gasteiger partial charge on any atom is -0.454 e. The second kappa shape index (κ2) is 5.17. The maximum Gasteiger partial charge on any atom is 0.325 e. The van der Waals surface area contributed by atoms with E-state index in [-0.39, 0.29) is 25.3 Å². The molecular formula is C15H19N3O4. The number of urea groups is 1. The largest absolute Gasteiger partial charge is 0.454 e. The molecule has 3 N–H and O–H groups in total. The molecule has 2 aliphatic heterocycles.